The van der Waals surface area contributed by atoms with Crippen LogP contribution in [0, 0.1) is 6.92 Å². The zero-order chi connectivity index (χ0) is 14.5. The summed E-state index contributed by atoms with van der Waals surface area (Å²) >= 11 is 3.44. The molecule has 0 fully saturated rings. The van der Waals surface area contributed by atoms with Gasteiger partial charge in [-0.1, -0.05) is 15.9 Å². The van der Waals surface area contributed by atoms with E-state index in [1.165, 1.54) is 0 Å². The first kappa shape index (κ1) is 16.0. The third-order valence-corrected chi connectivity index (χ3v) is 3.23. The van der Waals surface area contributed by atoms with Crippen LogP contribution in [-0.2, 0) is 9.53 Å². The lowest BCUT2D eigenvalue weighted by Gasteiger charge is -2.19. The van der Waals surface area contributed by atoms with Crippen molar-refractivity contribution in [1.29, 1.82) is 0 Å². The summed E-state index contributed by atoms with van der Waals surface area (Å²) in [6.45, 7) is 8.13. The summed E-state index contributed by atoms with van der Waals surface area (Å²) in [5.41, 5.74) is 0.713. The smallest absolute Gasteiger partial charge is 0.306 e. The summed E-state index contributed by atoms with van der Waals surface area (Å²) < 4.78 is 11.9. The van der Waals surface area contributed by atoms with Crippen molar-refractivity contribution >= 4 is 21.9 Å². The van der Waals surface area contributed by atoms with E-state index in [-0.39, 0.29) is 5.97 Å². The highest BCUT2D eigenvalue weighted by Crippen LogP contribution is 2.21. The van der Waals surface area contributed by atoms with E-state index in [2.05, 4.69) is 15.9 Å². The second kappa shape index (κ2) is 6.94. The normalized spacial score (nSPS) is 11.2. The van der Waals surface area contributed by atoms with Gasteiger partial charge in [0, 0.05) is 10.9 Å². The first-order chi connectivity index (χ1) is 8.78. The van der Waals surface area contributed by atoms with Crippen LogP contribution >= 0.6 is 15.9 Å². The number of rotatable bonds is 5. The molecule has 0 spiro atoms. The molecule has 1 rings (SSSR count). The van der Waals surface area contributed by atoms with E-state index in [4.69, 9.17) is 9.47 Å². The van der Waals surface area contributed by atoms with Crippen molar-refractivity contribution in [3.05, 3.63) is 28.2 Å². The minimum Gasteiger partial charge on any atom is -0.494 e. The standard InChI is InChI=1S/C15H21BrO3/c1-11-10-12(7-8-13(11)16)18-9-5-6-14(17)19-15(2,3)4/h7-8,10H,5-6,9H2,1-4H3. The fourth-order valence-electron chi connectivity index (χ4n) is 1.51. The van der Waals surface area contributed by atoms with Crippen LogP contribution in [0.25, 0.3) is 0 Å². The van der Waals surface area contributed by atoms with Crippen molar-refractivity contribution in [2.24, 2.45) is 0 Å². The maximum atomic E-state index is 11.5. The Hall–Kier alpha value is -1.03. The van der Waals surface area contributed by atoms with Crippen LogP contribution in [-0.4, -0.2) is 18.2 Å². The quantitative estimate of drug-likeness (QED) is 0.598. The van der Waals surface area contributed by atoms with Crippen LogP contribution in [0.15, 0.2) is 22.7 Å². The molecule has 4 heteroatoms. The van der Waals surface area contributed by atoms with E-state index in [9.17, 15) is 4.79 Å². The van der Waals surface area contributed by atoms with Gasteiger partial charge < -0.3 is 9.47 Å². The molecular formula is C15H21BrO3. The first-order valence-corrected chi connectivity index (χ1v) is 7.18. The molecule has 0 bridgehead atoms. The van der Waals surface area contributed by atoms with Crippen molar-refractivity contribution in [1.82, 2.24) is 0 Å². The first-order valence-electron chi connectivity index (χ1n) is 6.39. The molecule has 0 amide bonds. The third kappa shape index (κ3) is 6.62. The zero-order valence-electron chi connectivity index (χ0n) is 12.0. The van der Waals surface area contributed by atoms with Crippen LogP contribution in [0.5, 0.6) is 5.75 Å². The highest BCUT2D eigenvalue weighted by molar-refractivity contribution is 9.10. The van der Waals surface area contributed by atoms with E-state index in [1.807, 2.05) is 45.9 Å². The molecule has 0 heterocycles. The molecule has 0 aliphatic carbocycles. The van der Waals surface area contributed by atoms with E-state index in [0.29, 0.717) is 19.4 Å². The average molecular weight is 329 g/mol. The number of halogens is 1. The largest absolute Gasteiger partial charge is 0.494 e. The van der Waals surface area contributed by atoms with Gasteiger partial charge in [0.15, 0.2) is 0 Å². The number of benzene rings is 1. The topological polar surface area (TPSA) is 35.5 Å². The van der Waals surface area contributed by atoms with E-state index < -0.39 is 5.60 Å². The molecule has 0 aliphatic rings. The molecule has 0 saturated heterocycles. The van der Waals surface area contributed by atoms with E-state index in [0.717, 1.165) is 15.8 Å². The lowest BCUT2D eigenvalue weighted by molar-refractivity contribution is -0.155. The predicted molar refractivity (Wildman–Crippen MR) is 79.5 cm³/mol. The van der Waals surface area contributed by atoms with Gasteiger partial charge in [0.05, 0.1) is 6.61 Å². The Bertz CT molecular complexity index is 436. The Morgan fingerprint density at radius 3 is 2.58 bits per heavy atom. The number of carbonyl (C=O) groups is 1. The van der Waals surface area contributed by atoms with Gasteiger partial charge in [0.25, 0.3) is 0 Å². The van der Waals surface area contributed by atoms with Crippen LogP contribution in [0.1, 0.15) is 39.2 Å². The van der Waals surface area contributed by atoms with Gasteiger partial charge in [0.1, 0.15) is 11.4 Å². The molecule has 0 aliphatic heterocycles. The summed E-state index contributed by atoms with van der Waals surface area (Å²) in [7, 11) is 0. The maximum absolute atomic E-state index is 11.5. The third-order valence-electron chi connectivity index (χ3n) is 2.34. The average Bonchev–Trinajstić information content (AvgIpc) is 2.27. The van der Waals surface area contributed by atoms with Gasteiger partial charge in [-0.15, -0.1) is 0 Å². The van der Waals surface area contributed by atoms with Crippen molar-refractivity contribution in [3.8, 4) is 5.75 Å². The Balaban J connectivity index is 2.27. The van der Waals surface area contributed by atoms with Crippen LogP contribution in [0.3, 0.4) is 0 Å². The molecule has 0 atom stereocenters. The molecule has 19 heavy (non-hydrogen) atoms. The summed E-state index contributed by atoms with van der Waals surface area (Å²) in [5.74, 6) is 0.646. The number of esters is 1. The van der Waals surface area contributed by atoms with Gasteiger partial charge in [0.2, 0.25) is 0 Å². The molecule has 106 valence electrons. The minimum absolute atomic E-state index is 0.178. The minimum atomic E-state index is -0.416. The highest BCUT2D eigenvalue weighted by Gasteiger charge is 2.15. The molecule has 0 unspecified atom stereocenters. The maximum Gasteiger partial charge on any atom is 0.306 e. The fraction of sp³-hybridized carbons (Fsp3) is 0.533. The fourth-order valence-corrected chi connectivity index (χ4v) is 1.75. The Morgan fingerprint density at radius 2 is 2.00 bits per heavy atom. The summed E-state index contributed by atoms with van der Waals surface area (Å²) in [6, 6.07) is 5.83. The number of carbonyl (C=O) groups excluding carboxylic acids is 1. The van der Waals surface area contributed by atoms with Crippen molar-refractivity contribution in [2.75, 3.05) is 6.61 Å². The van der Waals surface area contributed by atoms with Gasteiger partial charge in [-0.3, -0.25) is 4.79 Å². The molecule has 0 aromatic heterocycles. The summed E-state index contributed by atoms with van der Waals surface area (Å²) in [6.07, 6.45) is 1.04. The molecule has 1 aromatic carbocycles. The number of hydrogen-bond acceptors (Lipinski definition) is 3. The molecule has 0 N–H and O–H groups in total. The monoisotopic (exact) mass is 328 g/mol. The van der Waals surface area contributed by atoms with Crippen molar-refractivity contribution in [3.63, 3.8) is 0 Å². The second-order valence-electron chi connectivity index (χ2n) is 5.45. The van der Waals surface area contributed by atoms with Gasteiger partial charge in [-0.25, -0.2) is 0 Å². The molecule has 3 nitrogen and oxygen atoms in total. The van der Waals surface area contributed by atoms with E-state index in [1.54, 1.807) is 0 Å². The Morgan fingerprint density at radius 1 is 1.32 bits per heavy atom. The lowest BCUT2D eigenvalue weighted by Crippen LogP contribution is -2.23. The second-order valence-corrected chi connectivity index (χ2v) is 6.30. The molecule has 1 aromatic rings. The lowest BCUT2D eigenvalue weighted by atomic mass is 10.2. The van der Waals surface area contributed by atoms with Crippen LogP contribution in [0.2, 0.25) is 0 Å². The van der Waals surface area contributed by atoms with Gasteiger partial charge >= 0.3 is 5.97 Å². The molecular weight excluding hydrogens is 308 g/mol. The Kier molecular flexibility index (Phi) is 5.85. The number of hydrogen-bond donors (Lipinski definition) is 0. The van der Waals surface area contributed by atoms with Gasteiger partial charge in [-0.2, -0.15) is 0 Å². The SMILES string of the molecule is Cc1cc(OCCCC(=O)OC(C)(C)C)ccc1Br. The highest BCUT2D eigenvalue weighted by atomic mass is 79.9. The number of aryl methyl sites for hydroxylation is 1. The molecule has 0 radical (unpaired) electrons. The zero-order valence-corrected chi connectivity index (χ0v) is 13.5. The number of ether oxygens (including phenoxy) is 2. The van der Waals surface area contributed by atoms with Crippen LogP contribution in [0.4, 0.5) is 0 Å². The van der Waals surface area contributed by atoms with E-state index >= 15 is 0 Å². The van der Waals surface area contributed by atoms with Crippen LogP contribution < -0.4 is 4.74 Å². The van der Waals surface area contributed by atoms with Crippen molar-refractivity contribution in [2.45, 2.75) is 46.1 Å². The van der Waals surface area contributed by atoms with Gasteiger partial charge in [-0.05, 0) is 57.9 Å². The summed E-state index contributed by atoms with van der Waals surface area (Å²) in [4.78, 5) is 11.5. The predicted octanol–water partition coefficient (Wildman–Crippen LogP) is 4.26. The Labute approximate surface area is 123 Å². The molecule has 0 saturated carbocycles. The summed E-state index contributed by atoms with van der Waals surface area (Å²) in [5, 5.41) is 0. The van der Waals surface area contributed by atoms with Crippen molar-refractivity contribution < 1.29 is 14.3 Å².